The van der Waals surface area contributed by atoms with Gasteiger partial charge in [-0.3, -0.25) is 5.43 Å². The highest BCUT2D eigenvalue weighted by Crippen LogP contribution is 2.26. The van der Waals surface area contributed by atoms with Gasteiger partial charge < -0.3 is 9.64 Å². The van der Waals surface area contributed by atoms with Gasteiger partial charge in [0.2, 0.25) is 11.9 Å². The number of aromatic nitrogens is 3. The SMILES string of the molecule is CCCOc1nc(NN)nc(N2CC(C)CCC2C)n1. The molecule has 7 nitrogen and oxygen atoms in total. The number of piperidine rings is 1. The highest BCUT2D eigenvalue weighted by molar-refractivity contribution is 5.39. The summed E-state index contributed by atoms with van der Waals surface area (Å²) in [5.74, 6) is 7.04. The van der Waals surface area contributed by atoms with Gasteiger partial charge in [0.25, 0.3) is 0 Å². The molecule has 1 fully saturated rings. The van der Waals surface area contributed by atoms with E-state index in [9.17, 15) is 0 Å². The van der Waals surface area contributed by atoms with Crippen LogP contribution in [-0.4, -0.2) is 34.1 Å². The monoisotopic (exact) mass is 280 g/mol. The van der Waals surface area contributed by atoms with Crippen LogP contribution in [0.2, 0.25) is 0 Å². The molecule has 7 heteroatoms. The standard InChI is InChI=1S/C13H24N6O/c1-4-7-20-13-16-11(18-14)15-12(17-13)19-8-9(2)5-6-10(19)3/h9-10H,4-8,14H2,1-3H3,(H,15,16,17,18). The molecule has 1 aliphatic rings. The molecule has 1 aromatic rings. The largest absolute Gasteiger partial charge is 0.463 e. The highest BCUT2D eigenvalue weighted by atomic mass is 16.5. The van der Waals surface area contributed by atoms with Crippen molar-refractivity contribution in [2.45, 2.75) is 46.1 Å². The molecule has 2 atom stereocenters. The summed E-state index contributed by atoms with van der Waals surface area (Å²) in [6, 6.07) is 0.744. The van der Waals surface area contributed by atoms with Crippen molar-refractivity contribution in [1.29, 1.82) is 0 Å². The lowest BCUT2D eigenvalue weighted by Gasteiger charge is -2.36. The molecule has 0 bridgehead atoms. The molecular formula is C13H24N6O. The molecule has 2 heterocycles. The molecule has 0 radical (unpaired) electrons. The van der Waals surface area contributed by atoms with Crippen molar-refractivity contribution in [3.63, 3.8) is 0 Å². The van der Waals surface area contributed by atoms with E-state index in [1.54, 1.807) is 0 Å². The minimum atomic E-state index is 0.329. The van der Waals surface area contributed by atoms with E-state index in [-0.39, 0.29) is 0 Å². The maximum Gasteiger partial charge on any atom is 0.323 e. The van der Waals surface area contributed by atoms with E-state index >= 15 is 0 Å². The number of hydrogen-bond donors (Lipinski definition) is 2. The van der Waals surface area contributed by atoms with Gasteiger partial charge in [-0.1, -0.05) is 13.8 Å². The normalized spacial score (nSPS) is 22.7. The van der Waals surface area contributed by atoms with E-state index in [1.807, 2.05) is 6.92 Å². The molecule has 1 aliphatic heterocycles. The number of rotatable bonds is 5. The van der Waals surface area contributed by atoms with Gasteiger partial charge in [0.05, 0.1) is 6.61 Å². The van der Waals surface area contributed by atoms with Gasteiger partial charge in [-0.2, -0.15) is 15.0 Å². The van der Waals surface area contributed by atoms with E-state index in [0.29, 0.717) is 36.5 Å². The number of nitrogen functional groups attached to an aromatic ring is 1. The van der Waals surface area contributed by atoms with Crippen LogP contribution in [0.3, 0.4) is 0 Å². The summed E-state index contributed by atoms with van der Waals surface area (Å²) in [7, 11) is 0. The zero-order chi connectivity index (χ0) is 14.5. The first-order valence-electron chi connectivity index (χ1n) is 7.26. The molecule has 0 aliphatic carbocycles. The highest BCUT2D eigenvalue weighted by Gasteiger charge is 2.26. The van der Waals surface area contributed by atoms with Crippen molar-refractivity contribution < 1.29 is 4.74 Å². The topological polar surface area (TPSA) is 89.2 Å². The Bertz CT molecular complexity index is 441. The second-order valence-corrected chi connectivity index (χ2v) is 5.42. The Morgan fingerprint density at radius 2 is 2.10 bits per heavy atom. The first kappa shape index (κ1) is 14.8. The summed E-state index contributed by atoms with van der Waals surface area (Å²) in [5, 5.41) is 0. The summed E-state index contributed by atoms with van der Waals surface area (Å²) < 4.78 is 5.51. The molecular weight excluding hydrogens is 256 g/mol. The van der Waals surface area contributed by atoms with Crippen molar-refractivity contribution in [2.75, 3.05) is 23.5 Å². The fourth-order valence-corrected chi connectivity index (χ4v) is 2.36. The van der Waals surface area contributed by atoms with Crippen LogP contribution < -0.4 is 20.9 Å². The van der Waals surface area contributed by atoms with Crippen molar-refractivity contribution in [3.8, 4) is 6.01 Å². The predicted molar refractivity (Wildman–Crippen MR) is 78.6 cm³/mol. The zero-order valence-electron chi connectivity index (χ0n) is 12.5. The maximum atomic E-state index is 5.51. The van der Waals surface area contributed by atoms with Crippen molar-refractivity contribution in [2.24, 2.45) is 11.8 Å². The number of nitrogens with zero attached hydrogens (tertiary/aromatic N) is 4. The minimum absolute atomic E-state index is 0.329. The minimum Gasteiger partial charge on any atom is -0.463 e. The van der Waals surface area contributed by atoms with E-state index < -0.39 is 0 Å². The Morgan fingerprint density at radius 3 is 2.80 bits per heavy atom. The molecule has 2 unspecified atom stereocenters. The second kappa shape index (κ2) is 6.69. The van der Waals surface area contributed by atoms with Crippen LogP contribution in [0.4, 0.5) is 11.9 Å². The lowest BCUT2D eigenvalue weighted by atomic mass is 9.95. The van der Waals surface area contributed by atoms with Gasteiger partial charge in [-0.15, -0.1) is 0 Å². The molecule has 2 rings (SSSR count). The number of nitrogens with one attached hydrogen (secondary N) is 1. The molecule has 1 saturated heterocycles. The quantitative estimate of drug-likeness (QED) is 0.625. The van der Waals surface area contributed by atoms with Gasteiger partial charge in [0.15, 0.2) is 0 Å². The fourth-order valence-electron chi connectivity index (χ4n) is 2.36. The first-order chi connectivity index (χ1) is 9.63. The van der Waals surface area contributed by atoms with E-state index in [4.69, 9.17) is 10.6 Å². The van der Waals surface area contributed by atoms with Crippen molar-refractivity contribution >= 4 is 11.9 Å². The molecule has 3 N–H and O–H groups in total. The van der Waals surface area contributed by atoms with Crippen LogP contribution in [0.25, 0.3) is 0 Å². The summed E-state index contributed by atoms with van der Waals surface area (Å²) >= 11 is 0. The van der Waals surface area contributed by atoms with Gasteiger partial charge >= 0.3 is 6.01 Å². The van der Waals surface area contributed by atoms with Crippen LogP contribution in [0.15, 0.2) is 0 Å². The third kappa shape index (κ3) is 3.47. The number of anilines is 2. The van der Waals surface area contributed by atoms with Gasteiger partial charge in [0, 0.05) is 12.6 Å². The molecule has 0 amide bonds. The van der Waals surface area contributed by atoms with Crippen LogP contribution in [0.1, 0.15) is 40.0 Å². The Kier molecular flexibility index (Phi) is 4.94. The van der Waals surface area contributed by atoms with Crippen LogP contribution in [0.5, 0.6) is 6.01 Å². The van der Waals surface area contributed by atoms with Crippen LogP contribution >= 0.6 is 0 Å². The van der Waals surface area contributed by atoms with Crippen LogP contribution in [0, 0.1) is 5.92 Å². The Balaban J connectivity index is 2.24. The third-order valence-electron chi connectivity index (χ3n) is 3.54. The van der Waals surface area contributed by atoms with Crippen molar-refractivity contribution in [1.82, 2.24) is 15.0 Å². The molecule has 0 saturated carbocycles. The summed E-state index contributed by atoms with van der Waals surface area (Å²) in [6.07, 6.45) is 3.29. The molecule has 0 aromatic carbocycles. The molecule has 20 heavy (non-hydrogen) atoms. The Morgan fingerprint density at radius 1 is 1.30 bits per heavy atom. The summed E-state index contributed by atoms with van der Waals surface area (Å²) in [4.78, 5) is 15.1. The van der Waals surface area contributed by atoms with Gasteiger partial charge in [-0.25, -0.2) is 5.84 Å². The van der Waals surface area contributed by atoms with Gasteiger partial charge in [-0.05, 0) is 32.1 Å². The van der Waals surface area contributed by atoms with E-state index in [0.717, 1.165) is 19.4 Å². The maximum absolute atomic E-state index is 5.51. The predicted octanol–water partition coefficient (Wildman–Crippen LogP) is 1.57. The molecule has 1 aromatic heterocycles. The second-order valence-electron chi connectivity index (χ2n) is 5.42. The molecule has 112 valence electrons. The average Bonchev–Trinajstić information content (AvgIpc) is 2.47. The average molecular weight is 280 g/mol. The first-order valence-corrected chi connectivity index (χ1v) is 7.26. The number of hydrazine groups is 1. The fraction of sp³-hybridized carbons (Fsp3) is 0.769. The lowest BCUT2D eigenvalue weighted by molar-refractivity contribution is 0.290. The van der Waals surface area contributed by atoms with E-state index in [2.05, 4.69) is 39.1 Å². The molecule has 0 spiro atoms. The summed E-state index contributed by atoms with van der Waals surface area (Å²) in [5.41, 5.74) is 2.48. The third-order valence-corrected chi connectivity index (χ3v) is 3.54. The smallest absolute Gasteiger partial charge is 0.323 e. The zero-order valence-corrected chi connectivity index (χ0v) is 12.5. The number of ether oxygens (including phenoxy) is 1. The Labute approximate surface area is 119 Å². The number of hydrogen-bond acceptors (Lipinski definition) is 7. The Hall–Kier alpha value is -1.63. The van der Waals surface area contributed by atoms with Gasteiger partial charge in [0.1, 0.15) is 0 Å². The lowest BCUT2D eigenvalue weighted by Crippen LogP contribution is -2.42. The summed E-state index contributed by atoms with van der Waals surface area (Å²) in [6.45, 7) is 8.01. The number of nitrogens with two attached hydrogens (primary N) is 1. The van der Waals surface area contributed by atoms with Crippen molar-refractivity contribution in [3.05, 3.63) is 0 Å². The van der Waals surface area contributed by atoms with Crippen LogP contribution in [-0.2, 0) is 0 Å². The van der Waals surface area contributed by atoms with E-state index in [1.165, 1.54) is 6.42 Å².